The van der Waals surface area contributed by atoms with Crippen LogP contribution in [0.5, 0.6) is 0 Å². The van der Waals surface area contributed by atoms with E-state index in [0.717, 1.165) is 88.7 Å². The number of carbonyl (C=O) groups excluding carboxylic acids is 2. The van der Waals surface area contributed by atoms with Crippen LogP contribution < -0.4 is 0 Å². The van der Waals surface area contributed by atoms with Crippen molar-refractivity contribution in [3.8, 4) is 0 Å². The molecule has 8 rings (SSSR count). The molecule has 184 valence electrons. The van der Waals surface area contributed by atoms with Gasteiger partial charge in [0.2, 0.25) is 0 Å². The van der Waals surface area contributed by atoms with Gasteiger partial charge in [-0.2, -0.15) is 0 Å². The largest absolute Gasteiger partial charge is 0.289 e. The normalized spacial score (nSPS) is 13.6. The number of rotatable bonds is 2. The van der Waals surface area contributed by atoms with Crippen LogP contribution in [0.2, 0.25) is 0 Å². The van der Waals surface area contributed by atoms with Gasteiger partial charge in [-0.3, -0.25) is 9.59 Å². The second-order valence-corrected chi connectivity index (χ2v) is 11.4. The van der Waals surface area contributed by atoms with Gasteiger partial charge in [0, 0.05) is 32.0 Å². The molecule has 0 amide bonds. The van der Waals surface area contributed by atoms with Crippen LogP contribution >= 0.6 is 11.8 Å². The van der Waals surface area contributed by atoms with E-state index in [1.54, 1.807) is 11.8 Å². The maximum atomic E-state index is 13.6. The number of carbonyl (C=O) groups is 2. The summed E-state index contributed by atoms with van der Waals surface area (Å²) in [6.45, 7) is 0. The minimum atomic E-state index is 0.107. The Bertz CT molecular complexity index is 1890. The van der Waals surface area contributed by atoms with Crippen molar-refractivity contribution >= 4 is 44.9 Å². The van der Waals surface area contributed by atoms with Crippen molar-refractivity contribution in [3.05, 3.63) is 154 Å². The molecule has 0 saturated carbocycles. The first kappa shape index (κ1) is 22.5. The summed E-state index contributed by atoms with van der Waals surface area (Å²) in [5, 5.41) is 4.17. The Hall–Kier alpha value is -4.47. The highest BCUT2D eigenvalue weighted by Crippen LogP contribution is 2.44. The van der Waals surface area contributed by atoms with E-state index >= 15 is 0 Å². The van der Waals surface area contributed by atoms with Gasteiger partial charge in [-0.05, 0) is 68.8 Å². The number of hydrogen-bond acceptors (Lipinski definition) is 3. The molecule has 6 aromatic carbocycles. The van der Waals surface area contributed by atoms with Gasteiger partial charge < -0.3 is 0 Å². The molecule has 0 fully saturated rings. The minimum absolute atomic E-state index is 0.107. The van der Waals surface area contributed by atoms with E-state index in [4.69, 9.17) is 0 Å². The van der Waals surface area contributed by atoms with Gasteiger partial charge >= 0.3 is 0 Å². The van der Waals surface area contributed by atoms with Gasteiger partial charge in [-0.25, -0.2) is 0 Å². The van der Waals surface area contributed by atoms with Crippen molar-refractivity contribution in [1.82, 2.24) is 0 Å². The van der Waals surface area contributed by atoms with Crippen molar-refractivity contribution in [3.63, 3.8) is 0 Å². The highest BCUT2D eigenvalue weighted by atomic mass is 32.2. The minimum Gasteiger partial charge on any atom is -0.289 e. The lowest BCUT2D eigenvalue weighted by atomic mass is 9.82. The summed E-state index contributed by atoms with van der Waals surface area (Å²) in [7, 11) is 0. The van der Waals surface area contributed by atoms with E-state index in [9.17, 15) is 9.59 Å². The standard InChI is InChI=1S/C36H22O2S/c37-35-25-11-3-1-9-21(25)17-23-19-31(27-13-5-7-15-29(27)33(23)35)39-32-20-24-18-22-10-2-4-12-26(22)36(38)34(24)30-16-8-6-14-28(30)32/h1-16,19-20H,17-18H2. The molecule has 0 N–H and O–H groups in total. The van der Waals surface area contributed by atoms with Gasteiger partial charge in [-0.15, -0.1) is 0 Å². The smallest absolute Gasteiger partial charge is 0.194 e. The molecule has 0 spiro atoms. The van der Waals surface area contributed by atoms with Crippen molar-refractivity contribution < 1.29 is 9.59 Å². The molecule has 39 heavy (non-hydrogen) atoms. The topological polar surface area (TPSA) is 34.1 Å². The van der Waals surface area contributed by atoms with Gasteiger partial charge in [0.05, 0.1) is 0 Å². The summed E-state index contributed by atoms with van der Waals surface area (Å²) in [6.07, 6.45) is 1.48. The molecule has 2 nitrogen and oxygen atoms in total. The summed E-state index contributed by atoms with van der Waals surface area (Å²) in [5.41, 5.74) is 7.58. The predicted molar refractivity (Wildman–Crippen MR) is 157 cm³/mol. The van der Waals surface area contributed by atoms with Crippen LogP contribution in [0, 0.1) is 0 Å². The highest BCUT2D eigenvalue weighted by molar-refractivity contribution is 7.99. The maximum absolute atomic E-state index is 13.6. The zero-order valence-corrected chi connectivity index (χ0v) is 21.8. The third kappa shape index (κ3) is 3.36. The zero-order chi connectivity index (χ0) is 26.1. The van der Waals surface area contributed by atoms with Crippen molar-refractivity contribution in [2.75, 3.05) is 0 Å². The van der Waals surface area contributed by atoms with E-state index in [0.29, 0.717) is 0 Å². The average molecular weight is 519 g/mol. The van der Waals surface area contributed by atoms with E-state index < -0.39 is 0 Å². The fraction of sp³-hybridized carbons (Fsp3) is 0.0556. The first-order chi connectivity index (χ1) is 19.2. The molecular weight excluding hydrogens is 496 g/mol. The molecule has 0 saturated heterocycles. The van der Waals surface area contributed by atoms with Crippen LogP contribution in [-0.4, -0.2) is 11.6 Å². The molecular formula is C36H22O2S. The lowest BCUT2D eigenvalue weighted by Gasteiger charge is -2.23. The second-order valence-electron chi connectivity index (χ2n) is 10.3. The van der Waals surface area contributed by atoms with Crippen molar-refractivity contribution in [2.24, 2.45) is 0 Å². The molecule has 2 aliphatic carbocycles. The first-order valence-electron chi connectivity index (χ1n) is 13.2. The first-order valence-corrected chi connectivity index (χ1v) is 14.0. The van der Waals surface area contributed by atoms with Crippen LogP contribution in [0.3, 0.4) is 0 Å². The van der Waals surface area contributed by atoms with E-state index in [1.807, 2.05) is 60.7 Å². The molecule has 3 heteroatoms. The second kappa shape index (κ2) is 8.52. The molecule has 0 aromatic heterocycles. The Morgan fingerprint density at radius 1 is 0.436 bits per heavy atom. The lowest BCUT2D eigenvalue weighted by Crippen LogP contribution is -2.16. The average Bonchev–Trinajstić information content (AvgIpc) is 2.97. The number of ketones is 2. The third-order valence-electron chi connectivity index (χ3n) is 8.14. The quantitative estimate of drug-likeness (QED) is 0.230. The van der Waals surface area contributed by atoms with Crippen LogP contribution in [-0.2, 0) is 12.8 Å². The number of fused-ring (bicyclic) bond motifs is 8. The summed E-state index contributed by atoms with van der Waals surface area (Å²) >= 11 is 1.73. The lowest BCUT2D eigenvalue weighted by molar-refractivity contribution is 0.102. The van der Waals surface area contributed by atoms with E-state index in [2.05, 4.69) is 48.5 Å². The number of hydrogen-bond donors (Lipinski definition) is 0. The monoisotopic (exact) mass is 518 g/mol. The van der Waals surface area contributed by atoms with Gasteiger partial charge in [0.15, 0.2) is 11.6 Å². The van der Waals surface area contributed by atoms with Crippen molar-refractivity contribution in [2.45, 2.75) is 22.6 Å². The molecule has 0 radical (unpaired) electrons. The molecule has 0 aliphatic heterocycles. The Kier molecular flexibility index (Phi) is 4.92. The Morgan fingerprint density at radius 3 is 1.28 bits per heavy atom. The fourth-order valence-corrected chi connectivity index (χ4v) is 7.58. The summed E-state index contributed by atoms with van der Waals surface area (Å²) < 4.78 is 0. The SMILES string of the molecule is O=C1c2ccccc2Cc2cc(Sc3cc4c(c5ccccc35)C(=O)c3ccccc3C4)c3ccccc3c21. The fourth-order valence-electron chi connectivity index (χ4n) is 6.37. The molecule has 0 heterocycles. The third-order valence-corrected chi connectivity index (χ3v) is 9.25. The summed E-state index contributed by atoms with van der Waals surface area (Å²) in [5.74, 6) is 0.215. The highest BCUT2D eigenvalue weighted by Gasteiger charge is 2.28. The van der Waals surface area contributed by atoms with Crippen molar-refractivity contribution in [1.29, 1.82) is 0 Å². The zero-order valence-electron chi connectivity index (χ0n) is 21.0. The molecule has 0 bridgehead atoms. The van der Waals surface area contributed by atoms with E-state index in [1.165, 1.54) is 0 Å². The Morgan fingerprint density at radius 2 is 0.821 bits per heavy atom. The van der Waals surface area contributed by atoms with Crippen LogP contribution in [0.4, 0.5) is 0 Å². The van der Waals surface area contributed by atoms with Crippen LogP contribution in [0.25, 0.3) is 21.5 Å². The van der Waals surface area contributed by atoms with Gasteiger partial charge in [0.25, 0.3) is 0 Å². The Balaban J connectivity index is 1.32. The van der Waals surface area contributed by atoms with Gasteiger partial charge in [-0.1, -0.05) is 109 Å². The predicted octanol–water partition coefficient (Wildman–Crippen LogP) is 8.41. The van der Waals surface area contributed by atoms with Crippen LogP contribution in [0.15, 0.2) is 119 Å². The molecule has 0 atom stereocenters. The molecule has 0 unspecified atom stereocenters. The maximum Gasteiger partial charge on any atom is 0.194 e. The molecule has 6 aromatic rings. The number of benzene rings is 6. The molecule has 2 aliphatic rings. The summed E-state index contributed by atoms with van der Waals surface area (Å²) in [4.78, 5) is 29.5. The summed E-state index contributed by atoms with van der Waals surface area (Å²) in [6, 6.07) is 36.8. The Labute approximate surface area is 230 Å². The van der Waals surface area contributed by atoms with Gasteiger partial charge in [0.1, 0.15) is 0 Å². The van der Waals surface area contributed by atoms with E-state index in [-0.39, 0.29) is 11.6 Å². The van der Waals surface area contributed by atoms with Crippen LogP contribution in [0.1, 0.15) is 54.1 Å².